The quantitative estimate of drug-likeness (QED) is 0.271. The highest BCUT2D eigenvalue weighted by Crippen LogP contribution is 2.50. The number of likely N-dealkylation sites (N-methyl/N-ethyl adjacent to an activating group) is 2. The smallest absolute Gasteiger partial charge is 0.204 e. The summed E-state index contributed by atoms with van der Waals surface area (Å²) in [6.45, 7) is 1.73. The van der Waals surface area contributed by atoms with E-state index in [2.05, 4.69) is 54.2 Å². The maximum atomic E-state index is 11.3. The molecule has 4 heterocycles. The van der Waals surface area contributed by atoms with Gasteiger partial charge in [0.25, 0.3) is 0 Å². The average Bonchev–Trinajstić information content (AvgIpc) is 3.04. The average molecular weight is 609 g/mol. The number of phenols is 1. The van der Waals surface area contributed by atoms with Crippen molar-refractivity contribution in [2.45, 2.75) is 37.8 Å². The van der Waals surface area contributed by atoms with Gasteiger partial charge in [-0.15, -0.1) is 0 Å². The van der Waals surface area contributed by atoms with Crippen LogP contribution in [-0.4, -0.2) is 63.4 Å². The van der Waals surface area contributed by atoms with E-state index in [0.717, 1.165) is 72.3 Å². The number of hydrogen-bond donors (Lipinski definition) is 1. The molecule has 0 amide bonds. The molecule has 8 nitrogen and oxygen atoms in total. The molecule has 0 spiro atoms. The first-order valence-corrected chi connectivity index (χ1v) is 15.5. The summed E-state index contributed by atoms with van der Waals surface area (Å²) < 4.78 is 30.6. The minimum absolute atomic E-state index is 0.0680. The van der Waals surface area contributed by atoms with Crippen LogP contribution in [0.5, 0.6) is 46.0 Å². The molecule has 1 N–H and O–H groups in total. The van der Waals surface area contributed by atoms with Gasteiger partial charge in [-0.05, 0) is 110 Å². The van der Waals surface area contributed by atoms with Gasteiger partial charge in [-0.2, -0.15) is 0 Å². The van der Waals surface area contributed by atoms with Gasteiger partial charge in [-0.3, -0.25) is 9.80 Å². The predicted molar refractivity (Wildman–Crippen MR) is 173 cm³/mol. The molecule has 4 aliphatic rings. The van der Waals surface area contributed by atoms with Gasteiger partial charge in [0.2, 0.25) is 5.75 Å². The van der Waals surface area contributed by atoms with Crippen LogP contribution in [0.2, 0.25) is 0 Å². The Labute approximate surface area is 264 Å². The van der Waals surface area contributed by atoms with Crippen LogP contribution in [0.4, 0.5) is 0 Å². The summed E-state index contributed by atoms with van der Waals surface area (Å²) in [6.07, 6.45) is 3.16. The fraction of sp³-hybridized carbons (Fsp3) is 0.351. The first-order chi connectivity index (χ1) is 21.9. The predicted octanol–water partition coefficient (Wildman–Crippen LogP) is 6.86. The first-order valence-electron chi connectivity index (χ1n) is 15.5. The van der Waals surface area contributed by atoms with Crippen molar-refractivity contribution in [3.8, 4) is 46.0 Å². The zero-order chi connectivity index (χ0) is 31.2. The van der Waals surface area contributed by atoms with Crippen LogP contribution in [0.1, 0.15) is 45.5 Å². The van der Waals surface area contributed by atoms with Gasteiger partial charge < -0.3 is 28.8 Å². The van der Waals surface area contributed by atoms with Gasteiger partial charge in [0.05, 0.1) is 21.3 Å². The topological polar surface area (TPSA) is 72.9 Å². The van der Waals surface area contributed by atoms with Crippen molar-refractivity contribution >= 4 is 0 Å². The summed E-state index contributed by atoms with van der Waals surface area (Å²) in [7, 11) is 9.26. The lowest BCUT2D eigenvalue weighted by Gasteiger charge is -2.37. The lowest BCUT2D eigenvalue weighted by molar-refractivity contribution is 0.224. The molecule has 45 heavy (non-hydrogen) atoms. The number of aromatic hydroxyl groups is 1. The third kappa shape index (κ3) is 5.32. The largest absolute Gasteiger partial charge is 0.504 e. The second-order valence-corrected chi connectivity index (χ2v) is 12.3. The second-order valence-electron chi connectivity index (χ2n) is 12.3. The van der Waals surface area contributed by atoms with E-state index in [1.165, 1.54) is 5.56 Å². The number of fused-ring (bicyclic) bond motifs is 2. The normalized spacial score (nSPS) is 19.4. The third-order valence-electron chi connectivity index (χ3n) is 9.66. The summed E-state index contributed by atoms with van der Waals surface area (Å²) in [5.41, 5.74) is 6.77. The minimum Gasteiger partial charge on any atom is -0.504 e. The van der Waals surface area contributed by atoms with E-state index < -0.39 is 0 Å². The Morgan fingerprint density at radius 3 is 2.11 bits per heavy atom. The number of hydrogen-bond acceptors (Lipinski definition) is 8. The Kier molecular flexibility index (Phi) is 7.71. The Bertz CT molecular complexity index is 1740. The number of ether oxygens (including phenoxy) is 5. The third-order valence-corrected chi connectivity index (χ3v) is 9.66. The first kappa shape index (κ1) is 29.3. The van der Waals surface area contributed by atoms with Crippen molar-refractivity contribution < 1.29 is 28.8 Å². The molecule has 0 fully saturated rings. The van der Waals surface area contributed by atoms with Crippen LogP contribution in [0.15, 0.2) is 60.7 Å². The lowest BCUT2D eigenvalue weighted by atomic mass is 9.87. The van der Waals surface area contributed by atoms with Gasteiger partial charge >= 0.3 is 0 Å². The molecular weight excluding hydrogens is 568 g/mol. The van der Waals surface area contributed by atoms with Crippen LogP contribution in [0.3, 0.4) is 0 Å². The van der Waals surface area contributed by atoms with E-state index >= 15 is 0 Å². The molecule has 10 bridgehead atoms. The fourth-order valence-electron chi connectivity index (χ4n) is 7.13. The van der Waals surface area contributed by atoms with Crippen molar-refractivity contribution in [3.63, 3.8) is 0 Å². The lowest BCUT2D eigenvalue weighted by Crippen LogP contribution is -2.34. The molecule has 4 aromatic rings. The molecule has 0 aliphatic carbocycles. The molecule has 4 aromatic carbocycles. The molecule has 234 valence electrons. The van der Waals surface area contributed by atoms with Crippen molar-refractivity contribution in [1.82, 2.24) is 9.80 Å². The molecule has 0 saturated heterocycles. The molecule has 0 saturated carbocycles. The summed E-state index contributed by atoms with van der Waals surface area (Å²) in [5.74, 6) is 4.38. The molecular formula is C37H40N2O6. The van der Waals surface area contributed by atoms with E-state index in [-0.39, 0.29) is 17.8 Å². The highest BCUT2D eigenvalue weighted by atomic mass is 16.5. The van der Waals surface area contributed by atoms with Crippen LogP contribution >= 0.6 is 0 Å². The Morgan fingerprint density at radius 1 is 0.689 bits per heavy atom. The molecule has 2 atom stereocenters. The van der Waals surface area contributed by atoms with Crippen molar-refractivity contribution in [3.05, 3.63) is 94.0 Å². The number of phenolic OH excluding ortho intramolecular Hbond substituents is 1. The van der Waals surface area contributed by atoms with Gasteiger partial charge in [0.15, 0.2) is 34.5 Å². The van der Waals surface area contributed by atoms with Crippen molar-refractivity contribution in [2.75, 3.05) is 48.5 Å². The number of methoxy groups -OCH3 is 3. The van der Waals surface area contributed by atoms with E-state index in [9.17, 15) is 5.11 Å². The van der Waals surface area contributed by atoms with E-state index in [1.807, 2.05) is 30.3 Å². The van der Waals surface area contributed by atoms with E-state index in [4.69, 9.17) is 23.7 Å². The van der Waals surface area contributed by atoms with E-state index in [1.54, 1.807) is 21.3 Å². The Balaban J connectivity index is 1.44. The molecule has 2 unspecified atom stereocenters. The second kappa shape index (κ2) is 11.8. The van der Waals surface area contributed by atoms with Gasteiger partial charge in [-0.25, -0.2) is 0 Å². The van der Waals surface area contributed by atoms with Crippen LogP contribution in [-0.2, 0) is 25.7 Å². The number of nitrogens with zero attached hydrogens (tertiary/aromatic N) is 2. The Hall–Kier alpha value is -4.40. The maximum absolute atomic E-state index is 11.3. The van der Waals surface area contributed by atoms with Crippen LogP contribution in [0.25, 0.3) is 0 Å². The fourth-order valence-corrected chi connectivity index (χ4v) is 7.13. The molecule has 8 heteroatoms. The summed E-state index contributed by atoms with van der Waals surface area (Å²) in [4.78, 5) is 4.74. The van der Waals surface area contributed by atoms with Crippen LogP contribution in [0, 0.1) is 0 Å². The standard InChI is InChI=1S/C37H40N2O6/c1-38-14-12-24-19-31(40)33-20-27(24)29(38)17-23-8-11-32(41-3)34(18-23)44-25-9-6-22(7-10-25)16-30-28-21-35(42-4)37(43-5)36(45-33)26(28)13-15-39(30)2/h6-11,18-21,29-30,40H,12-17H2,1-5H3. The molecule has 4 aliphatic heterocycles. The summed E-state index contributed by atoms with van der Waals surface area (Å²) >= 11 is 0. The minimum atomic E-state index is 0.0680. The summed E-state index contributed by atoms with van der Waals surface area (Å²) in [5, 5.41) is 11.3. The molecule has 8 rings (SSSR count). The van der Waals surface area contributed by atoms with Crippen LogP contribution < -0.4 is 23.7 Å². The van der Waals surface area contributed by atoms with E-state index in [0.29, 0.717) is 34.5 Å². The number of rotatable bonds is 3. The molecule has 0 aromatic heterocycles. The van der Waals surface area contributed by atoms with Crippen molar-refractivity contribution in [2.24, 2.45) is 0 Å². The highest BCUT2D eigenvalue weighted by molar-refractivity contribution is 5.63. The zero-order valence-corrected chi connectivity index (χ0v) is 26.6. The monoisotopic (exact) mass is 608 g/mol. The molecule has 0 radical (unpaired) electrons. The SMILES string of the molecule is COc1ccc2cc1Oc1ccc(cc1)CC1c3cc(OC)c(OC)c(c3CCN1C)Oc1cc3c(cc1O)CCN(C)C3C2. The van der Waals surface area contributed by atoms with Crippen molar-refractivity contribution in [1.29, 1.82) is 0 Å². The van der Waals surface area contributed by atoms with Gasteiger partial charge in [0.1, 0.15) is 5.75 Å². The Morgan fingerprint density at radius 2 is 1.38 bits per heavy atom. The zero-order valence-electron chi connectivity index (χ0n) is 26.6. The maximum Gasteiger partial charge on any atom is 0.204 e. The number of benzene rings is 4. The van der Waals surface area contributed by atoms with Gasteiger partial charge in [-0.1, -0.05) is 18.2 Å². The van der Waals surface area contributed by atoms with Gasteiger partial charge in [0, 0.05) is 30.7 Å². The summed E-state index contributed by atoms with van der Waals surface area (Å²) in [6, 6.07) is 20.6. The highest BCUT2D eigenvalue weighted by Gasteiger charge is 2.33.